The van der Waals surface area contributed by atoms with Gasteiger partial charge in [0.25, 0.3) is 0 Å². The predicted molar refractivity (Wildman–Crippen MR) is 67.0 cm³/mol. The maximum atomic E-state index is 12.5. The van der Waals surface area contributed by atoms with Crippen LogP contribution in [0.15, 0.2) is 61.2 Å². The van der Waals surface area contributed by atoms with Crippen LogP contribution in [0.2, 0.25) is 0 Å². The molecule has 0 saturated heterocycles. The molecule has 0 saturated carbocycles. The van der Waals surface area contributed by atoms with Crippen LogP contribution in [0.25, 0.3) is 16.7 Å². The first-order chi connectivity index (χ1) is 8.48. The van der Waals surface area contributed by atoms with Crippen molar-refractivity contribution in [2.24, 2.45) is 0 Å². The number of hydrogen-bond donors (Lipinski definition) is 0. The lowest BCUT2D eigenvalue weighted by molar-refractivity contribution is -0.0686. The van der Waals surface area contributed by atoms with Crippen LogP contribution < -0.4 is 0 Å². The van der Waals surface area contributed by atoms with Crippen molar-refractivity contribution < 1.29 is 13.2 Å². The zero-order valence-electron chi connectivity index (χ0n) is 9.54. The van der Waals surface area contributed by atoms with Crippen LogP contribution in [0, 0.1) is 0 Å². The normalized spacial score (nSPS) is 11.3. The molecule has 18 heavy (non-hydrogen) atoms. The zero-order chi connectivity index (χ0) is 13.2. The van der Waals surface area contributed by atoms with Crippen molar-refractivity contribution in [3.63, 3.8) is 0 Å². The SMILES string of the molecule is C=C(c1ccc(-c2ccccc2)cc1)C(F)(F)F. The first-order valence-corrected chi connectivity index (χ1v) is 5.40. The van der Waals surface area contributed by atoms with Crippen LogP contribution in [0.1, 0.15) is 5.56 Å². The summed E-state index contributed by atoms with van der Waals surface area (Å²) in [4.78, 5) is 0. The van der Waals surface area contributed by atoms with Crippen LogP contribution in [0.3, 0.4) is 0 Å². The van der Waals surface area contributed by atoms with Gasteiger partial charge in [-0.2, -0.15) is 13.2 Å². The molecule has 92 valence electrons. The Morgan fingerprint density at radius 2 is 1.28 bits per heavy atom. The van der Waals surface area contributed by atoms with Crippen LogP contribution in [0.5, 0.6) is 0 Å². The highest BCUT2D eigenvalue weighted by Gasteiger charge is 2.32. The maximum Gasteiger partial charge on any atom is 0.416 e. The summed E-state index contributed by atoms with van der Waals surface area (Å²) in [6.07, 6.45) is -4.38. The second-order valence-corrected chi connectivity index (χ2v) is 3.92. The van der Waals surface area contributed by atoms with Crippen molar-refractivity contribution in [1.82, 2.24) is 0 Å². The summed E-state index contributed by atoms with van der Waals surface area (Å²) in [6, 6.07) is 15.7. The number of halogens is 3. The standard InChI is InChI=1S/C15H11F3/c1-11(15(16,17)18)12-7-9-14(10-8-12)13-5-3-2-4-6-13/h2-10H,1H2. The molecule has 0 fully saturated rings. The minimum atomic E-state index is -4.38. The first kappa shape index (κ1) is 12.4. The van der Waals surface area contributed by atoms with Crippen molar-refractivity contribution in [3.8, 4) is 11.1 Å². The quantitative estimate of drug-likeness (QED) is 0.707. The third-order valence-corrected chi connectivity index (χ3v) is 2.68. The van der Waals surface area contributed by atoms with E-state index in [2.05, 4.69) is 6.58 Å². The molecule has 0 aliphatic carbocycles. The van der Waals surface area contributed by atoms with Gasteiger partial charge in [0, 0.05) is 0 Å². The zero-order valence-corrected chi connectivity index (χ0v) is 9.54. The van der Waals surface area contributed by atoms with E-state index in [-0.39, 0.29) is 5.56 Å². The fourth-order valence-corrected chi connectivity index (χ4v) is 1.66. The Morgan fingerprint density at radius 1 is 0.778 bits per heavy atom. The lowest BCUT2D eigenvalue weighted by atomic mass is 10.0. The van der Waals surface area contributed by atoms with Gasteiger partial charge in [0.15, 0.2) is 0 Å². The maximum absolute atomic E-state index is 12.5. The fourth-order valence-electron chi connectivity index (χ4n) is 1.66. The highest BCUT2D eigenvalue weighted by molar-refractivity contribution is 5.71. The molecule has 0 atom stereocenters. The summed E-state index contributed by atoms with van der Waals surface area (Å²) in [6.45, 7) is 3.07. The summed E-state index contributed by atoms with van der Waals surface area (Å²) in [7, 11) is 0. The smallest absolute Gasteiger partial charge is 0.166 e. The van der Waals surface area contributed by atoms with Crippen LogP contribution >= 0.6 is 0 Å². The second-order valence-electron chi connectivity index (χ2n) is 3.92. The van der Waals surface area contributed by atoms with Gasteiger partial charge in [-0.1, -0.05) is 61.2 Å². The topological polar surface area (TPSA) is 0 Å². The van der Waals surface area contributed by atoms with E-state index in [9.17, 15) is 13.2 Å². The van der Waals surface area contributed by atoms with Gasteiger partial charge >= 0.3 is 6.18 Å². The summed E-state index contributed by atoms with van der Waals surface area (Å²) >= 11 is 0. The van der Waals surface area contributed by atoms with Crippen LogP contribution in [-0.4, -0.2) is 6.18 Å². The van der Waals surface area contributed by atoms with Crippen molar-refractivity contribution in [1.29, 1.82) is 0 Å². The molecule has 0 aromatic heterocycles. The Bertz CT molecular complexity index is 536. The van der Waals surface area contributed by atoms with E-state index >= 15 is 0 Å². The van der Waals surface area contributed by atoms with E-state index in [1.165, 1.54) is 12.1 Å². The summed E-state index contributed by atoms with van der Waals surface area (Å²) < 4.78 is 37.4. The highest BCUT2D eigenvalue weighted by Crippen LogP contribution is 2.33. The Morgan fingerprint density at radius 3 is 1.78 bits per heavy atom. The number of rotatable bonds is 2. The Balaban J connectivity index is 2.29. The molecule has 2 aromatic rings. The number of alkyl halides is 3. The van der Waals surface area contributed by atoms with E-state index < -0.39 is 11.7 Å². The molecule has 0 heterocycles. The van der Waals surface area contributed by atoms with Crippen molar-refractivity contribution in [2.45, 2.75) is 6.18 Å². The van der Waals surface area contributed by atoms with Gasteiger partial charge in [-0.15, -0.1) is 0 Å². The first-order valence-electron chi connectivity index (χ1n) is 5.40. The molecule has 3 heteroatoms. The van der Waals surface area contributed by atoms with Gasteiger partial charge in [0.05, 0.1) is 5.57 Å². The minimum Gasteiger partial charge on any atom is -0.166 e. The van der Waals surface area contributed by atoms with Crippen molar-refractivity contribution >= 4 is 5.57 Å². The largest absolute Gasteiger partial charge is 0.416 e. The van der Waals surface area contributed by atoms with Gasteiger partial charge in [-0.25, -0.2) is 0 Å². The predicted octanol–water partition coefficient (Wildman–Crippen LogP) is 4.93. The fraction of sp³-hybridized carbons (Fsp3) is 0.0667. The molecular weight excluding hydrogens is 237 g/mol. The minimum absolute atomic E-state index is 0.0992. The molecule has 2 aromatic carbocycles. The van der Waals surface area contributed by atoms with Crippen molar-refractivity contribution in [2.75, 3.05) is 0 Å². The molecule has 0 amide bonds. The summed E-state index contributed by atoms with van der Waals surface area (Å²) in [5.74, 6) is 0. The second kappa shape index (κ2) is 4.69. The number of allylic oxidation sites excluding steroid dienone is 1. The molecule has 0 spiro atoms. The third kappa shape index (κ3) is 2.62. The van der Waals surface area contributed by atoms with E-state index in [0.717, 1.165) is 11.1 Å². The molecule has 0 N–H and O–H groups in total. The molecular formula is C15H11F3. The molecule has 0 unspecified atom stereocenters. The van der Waals surface area contributed by atoms with E-state index in [0.29, 0.717) is 0 Å². The lowest BCUT2D eigenvalue weighted by Gasteiger charge is -2.10. The van der Waals surface area contributed by atoms with Crippen LogP contribution in [-0.2, 0) is 0 Å². The molecule has 0 radical (unpaired) electrons. The van der Waals surface area contributed by atoms with Gasteiger partial charge in [0.2, 0.25) is 0 Å². The molecule has 0 bridgehead atoms. The molecule has 2 rings (SSSR count). The monoisotopic (exact) mass is 248 g/mol. The summed E-state index contributed by atoms with van der Waals surface area (Å²) in [5.41, 5.74) is 1.14. The van der Waals surface area contributed by atoms with Gasteiger partial charge in [0.1, 0.15) is 0 Å². The molecule has 0 aliphatic rings. The average molecular weight is 248 g/mol. The van der Waals surface area contributed by atoms with Crippen LogP contribution in [0.4, 0.5) is 13.2 Å². The summed E-state index contributed by atoms with van der Waals surface area (Å²) in [5, 5.41) is 0. The van der Waals surface area contributed by atoms with Crippen molar-refractivity contribution in [3.05, 3.63) is 66.7 Å². The van der Waals surface area contributed by atoms with Gasteiger partial charge in [-0.05, 0) is 16.7 Å². The third-order valence-electron chi connectivity index (χ3n) is 2.68. The number of benzene rings is 2. The Kier molecular flexibility index (Phi) is 3.24. The van der Waals surface area contributed by atoms with E-state index in [4.69, 9.17) is 0 Å². The Hall–Kier alpha value is -2.03. The highest BCUT2D eigenvalue weighted by atomic mass is 19.4. The number of hydrogen-bond acceptors (Lipinski definition) is 0. The lowest BCUT2D eigenvalue weighted by Crippen LogP contribution is -2.09. The molecule has 0 aliphatic heterocycles. The average Bonchev–Trinajstić information content (AvgIpc) is 2.38. The van der Waals surface area contributed by atoms with Gasteiger partial charge < -0.3 is 0 Å². The van der Waals surface area contributed by atoms with Gasteiger partial charge in [-0.3, -0.25) is 0 Å². The van der Waals surface area contributed by atoms with E-state index in [1.807, 2.05) is 30.3 Å². The van der Waals surface area contributed by atoms with E-state index in [1.54, 1.807) is 12.1 Å². The Labute approximate surface area is 103 Å². The molecule has 0 nitrogen and oxygen atoms in total.